The first-order valence-corrected chi connectivity index (χ1v) is 8.21. The monoisotopic (exact) mass is 382 g/mol. The number of benzene rings is 1. The fourth-order valence-corrected chi connectivity index (χ4v) is 3.22. The summed E-state index contributed by atoms with van der Waals surface area (Å²) in [6.45, 7) is 0. The fourth-order valence-electron chi connectivity index (χ4n) is 3.22. The van der Waals surface area contributed by atoms with Crippen LogP contribution in [0.3, 0.4) is 0 Å². The van der Waals surface area contributed by atoms with E-state index >= 15 is 0 Å². The molecule has 27 heavy (non-hydrogen) atoms. The second kappa shape index (κ2) is 6.12. The highest BCUT2D eigenvalue weighted by Crippen LogP contribution is 2.39. The smallest absolute Gasteiger partial charge is 0.332 e. The van der Waals surface area contributed by atoms with Crippen LogP contribution in [0.1, 0.15) is 37.2 Å². The van der Waals surface area contributed by atoms with Gasteiger partial charge in [0.2, 0.25) is 0 Å². The predicted octanol–water partition coefficient (Wildman–Crippen LogP) is 3.20. The molecule has 1 aliphatic rings. The van der Waals surface area contributed by atoms with Crippen molar-refractivity contribution in [2.24, 2.45) is 5.73 Å². The van der Waals surface area contributed by atoms with Crippen molar-refractivity contribution in [2.75, 3.05) is 0 Å². The first-order chi connectivity index (χ1) is 12.8. The third kappa shape index (κ3) is 2.97. The van der Waals surface area contributed by atoms with E-state index in [0.717, 1.165) is 25.0 Å². The number of alkyl halides is 3. The summed E-state index contributed by atoms with van der Waals surface area (Å²) < 4.78 is 60.4. The van der Waals surface area contributed by atoms with Gasteiger partial charge in [0.05, 0.1) is 5.54 Å². The van der Waals surface area contributed by atoms with Crippen LogP contribution >= 0.6 is 0 Å². The van der Waals surface area contributed by atoms with Crippen molar-refractivity contribution in [1.82, 2.24) is 25.1 Å². The lowest BCUT2D eigenvalue weighted by Crippen LogP contribution is -2.34. The van der Waals surface area contributed by atoms with Crippen LogP contribution in [0, 0.1) is 5.82 Å². The van der Waals surface area contributed by atoms with Crippen molar-refractivity contribution >= 4 is 0 Å². The topological polar surface area (TPSA) is 95.6 Å². The third-order valence-corrected chi connectivity index (χ3v) is 4.59. The molecule has 1 aliphatic carbocycles. The van der Waals surface area contributed by atoms with Crippen molar-refractivity contribution in [2.45, 2.75) is 37.4 Å². The lowest BCUT2D eigenvalue weighted by Gasteiger charge is -2.17. The van der Waals surface area contributed by atoms with E-state index in [2.05, 4.69) is 20.5 Å². The summed E-state index contributed by atoms with van der Waals surface area (Å²) in [5, 5.41) is 10.7. The van der Waals surface area contributed by atoms with Crippen LogP contribution in [0.2, 0.25) is 0 Å². The maximum absolute atomic E-state index is 14.0. The summed E-state index contributed by atoms with van der Waals surface area (Å²) in [6.07, 6.45) is -1.92. The predicted molar refractivity (Wildman–Crippen MR) is 83.9 cm³/mol. The Morgan fingerprint density at radius 2 is 1.85 bits per heavy atom. The average Bonchev–Trinajstić information content (AvgIpc) is 3.33. The maximum Gasteiger partial charge on any atom is 0.435 e. The maximum atomic E-state index is 14.0. The highest BCUT2D eigenvalue weighted by molar-refractivity contribution is 5.53. The zero-order valence-electron chi connectivity index (χ0n) is 13.9. The Balaban J connectivity index is 1.83. The molecule has 0 bridgehead atoms. The standard InChI is InChI=1S/C16H14F4N6O/c17-9-5-1-2-6-10(9)26-12(16(18,19)20)11(23-25-26)13-22-14(24-27-13)15(21)7-3-4-8-15/h1-2,5-6H,3-4,7-8,21H2. The van der Waals surface area contributed by atoms with Gasteiger partial charge in [-0.2, -0.15) is 18.2 Å². The minimum atomic E-state index is -4.89. The fraction of sp³-hybridized carbons (Fsp3) is 0.375. The summed E-state index contributed by atoms with van der Waals surface area (Å²) in [7, 11) is 0. The van der Waals surface area contributed by atoms with Gasteiger partial charge in [-0.05, 0) is 25.0 Å². The van der Waals surface area contributed by atoms with Gasteiger partial charge in [-0.3, -0.25) is 0 Å². The second-order valence-electron chi connectivity index (χ2n) is 6.43. The van der Waals surface area contributed by atoms with Crippen molar-refractivity contribution in [3.63, 3.8) is 0 Å². The van der Waals surface area contributed by atoms with Crippen LogP contribution in [-0.4, -0.2) is 25.1 Å². The minimum Gasteiger partial charge on any atom is -0.332 e. The Morgan fingerprint density at radius 1 is 1.15 bits per heavy atom. The lowest BCUT2D eigenvalue weighted by atomic mass is 9.99. The molecule has 142 valence electrons. The molecule has 3 aromatic rings. The third-order valence-electron chi connectivity index (χ3n) is 4.59. The van der Waals surface area contributed by atoms with Gasteiger partial charge in [0.1, 0.15) is 11.5 Å². The molecule has 0 spiro atoms. The van der Waals surface area contributed by atoms with Gasteiger partial charge >= 0.3 is 6.18 Å². The van der Waals surface area contributed by atoms with E-state index < -0.39 is 40.5 Å². The highest BCUT2D eigenvalue weighted by atomic mass is 19.4. The van der Waals surface area contributed by atoms with Gasteiger partial charge in [-0.25, -0.2) is 9.07 Å². The molecule has 0 saturated heterocycles. The molecule has 0 amide bonds. The molecule has 4 rings (SSSR count). The Morgan fingerprint density at radius 3 is 2.52 bits per heavy atom. The van der Waals surface area contributed by atoms with E-state index in [1.165, 1.54) is 12.1 Å². The normalized spacial score (nSPS) is 16.8. The molecule has 1 saturated carbocycles. The molecule has 7 nitrogen and oxygen atoms in total. The molecule has 0 atom stereocenters. The lowest BCUT2D eigenvalue weighted by molar-refractivity contribution is -0.142. The summed E-state index contributed by atoms with van der Waals surface area (Å²) in [4.78, 5) is 4.03. The summed E-state index contributed by atoms with van der Waals surface area (Å²) in [5.41, 5.74) is 3.01. The second-order valence-corrected chi connectivity index (χ2v) is 6.43. The van der Waals surface area contributed by atoms with E-state index in [0.29, 0.717) is 17.5 Å². The van der Waals surface area contributed by atoms with Gasteiger partial charge in [-0.15, -0.1) is 5.10 Å². The van der Waals surface area contributed by atoms with Gasteiger partial charge in [0.25, 0.3) is 5.89 Å². The van der Waals surface area contributed by atoms with E-state index in [1.807, 2.05) is 0 Å². The number of nitrogens with zero attached hydrogens (tertiary/aromatic N) is 5. The zero-order chi connectivity index (χ0) is 19.2. The Hall–Kier alpha value is -2.82. The van der Waals surface area contributed by atoms with Crippen LogP contribution in [0.15, 0.2) is 28.8 Å². The van der Waals surface area contributed by atoms with Crippen molar-refractivity contribution in [3.05, 3.63) is 41.6 Å². The van der Waals surface area contributed by atoms with E-state index in [9.17, 15) is 17.6 Å². The number of nitrogens with two attached hydrogens (primary N) is 1. The van der Waals surface area contributed by atoms with Crippen LogP contribution in [-0.2, 0) is 11.7 Å². The molecule has 2 N–H and O–H groups in total. The minimum absolute atomic E-state index is 0.128. The number of halogens is 4. The summed E-state index contributed by atoms with van der Waals surface area (Å²) in [6, 6.07) is 4.94. The first kappa shape index (κ1) is 17.6. The molecular weight excluding hydrogens is 368 g/mol. The molecule has 11 heteroatoms. The zero-order valence-corrected chi connectivity index (χ0v) is 13.9. The van der Waals surface area contributed by atoms with Gasteiger partial charge in [0.15, 0.2) is 17.2 Å². The number of rotatable bonds is 3. The SMILES string of the molecule is NC1(c2noc(-c3nnn(-c4ccccc4F)c3C(F)(F)F)n2)CCCC1. The van der Waals surface area contributed by atoms with E-state index in [1.54, 1.807) is 0 Å². The summed E-state index contributed by atoms with van der Waals surface area (Å²) >= 11 is 0. The summed E-state index contributed by atoms with van der Waals surface area (Å²) in [5.74, 6) is -1.21. The Kier molecular flexibility index (Phi) is 3.98. The largest absolute Gasteiger partial charge is 0.435 e. The highest BCUT2D eigenvalue weighted by Gasteiger charge is 2.43. The van der Waals surface area contributed by atoms with Crippen LogP contribution in [0.4, 0.5) is 17.6 Å². The van der Waals surface area contributed by atoms with Crippen molar-refractivity contribution < 1.29 is 22.1 Å². The Labute approximate surface area is 150 Å². The average molecular weight is 382 g/mol. The molecule has 1 fully saturated rings. The number of para-hydroxylation sites is 1. The number of aromatic nitrogens is 5. The molecular formula is C16H14F4N6O. The van der Waals surface area contributed by atoms with Crippen LogP contribution in [0.25, 0.3) is 17.3 Å². The Bertz CT molecular complexity index is 973. The van der Waals surface area contributed by atoms with Crippen LogP contribution in [0.5, 0.6) is 0 Å². The molecule has 2 heterocycles. The quantitative estimate of drug-likeness (QED) is 0.699. The van der Waals surface area contributed by atoms with E-state index in [4.69, 9.17) is 10.3 Å². The molecule has 2 aromatic heterocycles. The molecule has 0 aliphatic heterocycles. The molecule has 1 aromatic carbocycles. The van der Waals surface area contributed by atoms with Gasteiger partial charge in [0, 0.05) is 0 Å². The van der Waals surface area contributed by atoms with Gasteiger partial charge in [-0.1, -0.05) is 35.3 Å². The van der Waals surface area contributed by atoms with Crippen molar-refractivity contribution in [3.8, 4) is 17.3 Å². The number of hydrogen-bond acceptors (Lipinski definition) is 6. The molecule has 0 radical (unpaired) electrons. The van der Waals surface area contributed by atoms with E-state index in [-0.39, 0.29) is 5.82 Å². The van der Waals surface area contributed by atoms with Crippen molar-refractivity contribution in [1.29, 1.82) is 0 Å². The number of hydrogen-bond donors (Lipinski definition) is 1. The molecule has 0 unspecified atom stereocenters. The van der Waals surface area contributed by atoms with Gasteiger partial charge < -0.3 is 10.3 Å². The first-order valence-electron chi connectivity index (χ1n) is 8.21. The van der Waals surface area contributed by atoms with Crippen LogP contribution < -0.4 is 5.73 Å².